The van der Waals surface area contributed by atoms with Crippen molar-refractivity contribution in [2.75, 3.05) is 11.9 Å². The molecule has 2 N–H and O–H groups in total. The minimum Gasteiger partial charge on any atom is -0.454 e. The summed E-state index contributed by atoms with van der Waals surface area (Å²) in [5, 5.41) is 15.2. The van der Waals surface area contributed by atoms with Gasteiger partial charge in [0, 0.05) is 29.4 Å². The van der Waals surface area contributed by atoms with Crippen molar-refractivity contribution < 1.29 is 32.8 Å². The molecule has 2 aromatic rings. The lowest BCUT2D eigenvalue weighted by atomic mass is 10.2. The fourth-order valence-electron chi connectivity index (χ4n) is 2.13. The number of nitro benzene ring substituents is 1. The summed E-state index contributed by atoms with van der Waals surface area (Å²) in [5.74, 6) is -4.73. The summed E-state index contributed by atoms with van der Waals surface area (Å²) < 4.78 is 30.7. The summed E-state index contributed by atoms with van der Waals surface area (Å²) in [6, 6.07) is 6.45. The monoisotopic (exact) mass is 407 g/mol. The van der Waals surface area contributed by atoms with Gasteiger partial charge in [0.05, 0.1) is 4.92 Å². The molecule has 9 nitrogen and oxygen atoms in total. The smallest absolute Gasteiger partial charge is 0.328 e. The average molecular weight is 407 g/mol. The molecular weight excluding hydrogens is 392 g/mol. The van der Waals surface area contributed by atoms with Gasteiger partial charge in [-0.15, -0.1) is 0 Å². The number of anilines is 1. The van der Waals surface area contributed by atoms with Crippen molar-refractivity contribution in [3.8, 4) is 0 Å². The number of carbonyl (C=O) groups excluding carboxylic acids is 3. The van der Waals surface area contributed by atoms with Gasteiger partial charge in [0.15, 0.2) is 18.2 Å². The van der Waals surface area contributed by atoms with Crippen molar-refractivity contribution in [2.45, 2.75) is 13.0 Å². The number of esters is 1. The van der Waals surface area contributed by atoms with E-state index in [1.54, 1.807) is 0 Å². The molecule has 0 unspecified atom stereocenters. The van der Waals surface area contributed by atoms with Crippen molar-refractivity contribution in [3.63, 3.8) is 0 Å². The van der Waals surface area contributed by atoms with Crippen molar-refractivity contribution in [3.05, 3.63) is 69.8 Å². The number of amides is 2. The van der Waals surface area contributed by atoms with Gasteiger partial charge in [0.1, 0.15) is 6.04 Å². The molecule has 0 aliphatic rings. The third-order valence-electron chi connectivity index (χ3n) is 3.57. The van der Waals surface area contributed by atoms with Gasteiger partial charge in [-0.2, -0.15) is 0 Å². The SMILES string of the molecule is C[C@H](NC(=O)c1cccc([N+](=O)[O-])c1)C(=O)OCC(=O)Nc1ccc(F)c(F)c1. The number of hydrogen-bond donors (Lipinski definition) is 2. The summed E-state index contributed by atoms with van der Waals surface area (Å²) in [5.41, 5.74) is -0.353. The maximum Gasteiger partial charge on any atom is 0.328 e. The molecule has 29 heavy (non-hydrogen) atoms. The number of carbonyl (C=O) groups is 3. The Morgan fingerprint density at radius 3 is 2.52 bits per heavy atom. The molecule has 0 saturated carbocycles. The predicted octanol–water partition coefficient (Wildman–Crippen LogP) is 2.17. The van der Waals surface area contributed by atoms with E-state index in [1.807, 2.05) is 0 Å². The number of non-ortho nitro benzene ring substituents is 1. The lowest BCUT2D eigenvalue weighted by Gasteiger charge is -2.13. The first-order chi connectivity index (χ1) is 13.7. The second-order valence-corrected chi connectivity index (χ2v) is 5.79. The number of rotatable bonds is 7. The van der Waals surface area contributed by atoms with Crippen LogP contribution in [0.1, 0.15) is 17.3 Å². The molecule has 0 heterocycles. The van der Waals surface area contributed by atoms with Crippen LogP contribution in [0, 0.1) is 21.7 Å². The summed E-state index contributed by atoms with van der Waals surface area (Å²) in [7, 11) is 0. The van der Waals surface area contributed by atoms with Gasteiger partial charge < -0.3 is 15.4 Å². The average Bonchev–Trinajstić information content (AvgIpc) is 2.68. The first-order valence-corrected chi connectivity index (χ1v) is 8.14. The molecule has 2 aromatic carbocycles. The minimum atomic E-state index is -1.16. The van der Waals surface area contributed by atoms with Gasteiger partial charge in [-0.1, -0.05) is 6.07 Å². The van der Waals surface area contributed by atoms with Crippen LogP contribution in [0.4, 0.5) is 20.2 Å². The van der Waals surface area contributed by atoms with E-state index in [0.717, 1.165) is 24.3 Å². The van der Waals surface area contributed by atoms with E-state index in [4.69, 9.17) is 4.74 Å². The highest BCUT2D eigenvalue weighted by Crippen LogP contribution is 2.14. The third kappa shape index (κ3) is 6.06. The fraction of sp³-hybridized carbons (Fsp3) is 0.167. The van der Waals surface area contributed by atoms with Gasteiger partial charge in [-0.3, -0.25) is 19.7 Å². The Morgan fingerprint density at radius 1 is 1.14 bits per heavy atom. The van der Waals surface area contributed by atoms with Crippen LogP contribution in [-0.4, -0.2) is 35.4 Å². The standard InChI is InChI=1S/C18H15F2N3O6/c1-10(21-17(25)11-3-2-4-13(7-11)23(27)28)18(26)29-9-16(24)22-12-5-6-14(19)15(20)8-12/h2-8,10H,9H2,1H3,(H,21,25)(H,22,24)/t10-/m0/s1. The molecule has 0 spiro atoms. The van der Waals surface area contributed by atoms with Crippen molar-refractivity contribution >= 4 is 29.2 Å². The third-order valence-corrected chi connectivity index (χ3v) is 3.57. The molecule has 0 aliphatic carbocycles. The number of ether oxygens (including phenoxy) is 1. The molecule has 0 saturated heterocycles. The van der Waals surface area contributed by atoms with Crippen molar-refractivity contribution in [2.24, 2.45) is 0 Å². The molecular formula is C18H15F2N3O6. The summed E-state index contributed by atoms with van der Waals surface area (Å²) in [6.45, 7) is 0.569. The van der Waals surface area contributed by atoms with Crippen molar-refractivity contribution in [1.82, 2.24) is 5.32 Å². The van der Waals surface area contributed by atoms with E-state index in [9.17, 15) is 33.3 Å². The zero-order valence-corrected chi connectivity index (χ0v) is 15.0. The minimum absolute atomic E-state index is 0.0306. The second-order valence-electron chi connectivity index (χ2n) is 5.79. The van der Waals surface area contributed by atoms with E-state index in [0.29, 0.717) is 0 Å². The number of benzene rings is 2. The first kappa shape index (κ1) is 21.4. The van der Waals surface area contributed by atoms with Gasteiger partial charge in [-0.05, 0) is 25.1 Å². The van der Waals surface area contributed by atoms with Gasteiger partial charge >= 0.3 is 5.97 Å². The zero-order chi connectivity index (χ0) is 21.6. The van der Waals surface area contributed by atoms with Gasteiger partial charge in [0.25, 0.3) is 17.5 Å². The maximum absolute atomic E-state index is 13.1. The molecule has 0 radical (unpaired) electrons. The number of halogens is 2. The molecule has 0 fully saturated rings. The Labute approximate surface area is 162 Å². The first-order valence-electron chi connectivity index (χ1n) is 8.14. The molecule has 1 atom stereocenters. The fourth-order valence-corrected chi connectivity index (χ4v) is 2.13. The highest BCUT2D eigenvalue weighted by atomic mass is 19.2. The van der Waals surface area contributed by atoms with E-state index >= 15 is 0 Å². The van der Waals surface area contributed by atoms with Crippen LogP contribution >= 0.6 is 0 Å². The lowest BCUT2D eigenvalue weighted by molar-refractivity contribution is -0.384. The molecule has 2 amide bonds. The van der Waals surface area contributed by atoms with Crippen LogP contribution < -0.4 is 10.6 Å². The summed E-state index contributed by atoms with van der Waals surface area (Å²) in [4.78, 5) is 45.8. The van der Waals surface area contributed by atoms with Crippen LogP contribution in [0.5, 0.6) is 0 Å². The zero-order valence-electron chi connectivity index (χ0n) is 15.0. The van der Waals surface area contributed by atoms with E-state index in [2.05, 4.69) is 10.6 Å². The topological polar surface area (TPSA) is 128 Å². The maximum atomic E-state index is 13.1. The van der Waals surface area contributed by atoms with Gasteiger partial charge in [0.2, 0.25) is 0 Å². The van der Waals surface area contributed by atoms with E-state index in [-0.39, 0.29) is 16.9 Å². The number of hydrogen-bond acceptors (Lipinski definition) is 6. The van der Waals surface area contributed by atoms with E-state index in [1.165, 1.54) is 25.1 Å². The van der Waals surface area contributed by atoms with Crippen LogP contribution in [0.15, 0.2) is 42.5 Å². The number of nitrogens with one attached hydrogen (secondary N) is 2. The molecule has 0 aliphatic heterocycles. The number of nitro groups is 1. The molecule has 152 valence electrons. The Balaban J connectivity index is 1.86. The largest absolute Gasteiger partial charge is 0.454 e. The second kappa shape index (κ2) is 9.35. The Kier molecular flexibility index (Phi) is 6.90. The summed E-state index contributed by atoms with van der Waals surface area (Å²) >= 11 is 0. The highest BCUT2D eigenvalue weighted by Gasteiger charge is 2.20. The van der Waals surface area contributed by atoms with Gasteiger partial charge in [-0.25, -0.2) is 13.6 Å². The predicted molar refractivity (Wildman–Crippen MR) is 96.0 cm³/mol. The summed E-state index contributed by atoms with van der Waals surface area (Å²) in [6.07, 6.45) is 0. The molecule has 0 aromatic heterocycles. The van der Waals surface area contributed by atoms with Crippen LogP contribution in [0.3, 0.4) is 0 Å². The van der Waals surface area contributed by atoms with E-state index < -0.39 is 47.0 Å². The molecule has 2 rings (SSSR count). The lowest BCUT2D eigenvalue weighted by Crippen LogP contribution is -2.40. The molecule has 0 bridgehead atoms. The van der Waals surface area contributed by atoms with Crippen LogP contribution in [0.2, 0.25) is 0 Å². The van der Waals surface area contributed by atoms with Crippen molar-refractivity contribution in [1.29, 1.82) is 0 Å². The normalized spacial score (nSPS) is 11.3. The highest BCUT2D eigenvalue weighted by molar-refractivity contribution is 5.97. The Hall–Kier alpha value is -3.89. The van der Waals surface area contributed by atoms with Crippen LogP contribution in [0.25, 0.3) is 0 Å². The van der Waals surface area contributed by atoms with Crippen LogP contribution in [-0.2, 0) is 14.3 Å². The Bertz CT molecular complexity index is 966. The quantitative estimate of drug-likeness (QED) is 0.411. The Morgan fingerprint density at radius 2 is 1.86 bits per heavy atom. The molecule has 11 heteroatoms. The number of nitrogens with zero attached hydrogens (tertiary/aromatic N) is 1.